The predicted molar refractivity (Wildman–Crippen MR) is 66.1 cm³/mol. The number of halogens is 1. The van der Waals surface area contributed by atoms with E-state index >= 15 is 0 Å². The minimum atomic E-state index is -0.225. The Morgan fingerprint density at radius 2 is 2.06 bits per heavy atom. The summed E-state index contributed by atoms with van der Waals surface area (Å²) in [7, 11) is 0. The van der Waals surface area contributed by atoms with Crippen LogP contribution in [0.3, 0.4) is 0 Å². The monoisotopic (exact) mass is 232 g/mol. The van der Waals surface area contributed by atoms with Crippen LogP contribution in [0, 0.1) is 30.0 Å². The minimum absolute atomic E-state index is 0.0484. The van der Waals surface area contributed by atoms with E-state index in [1.807, 2.05) is 13.0 Å². The number of rotatable bonds is 2. The number of hydrogen-bond acceptors (Lipinski definition) is 2. The molecular formula is C14H17FN2. The highest BCUT2D eigenvalue weighted by atomic mass is 19.1. The number of anilines is 1. The average Bonchev–Trinajstić information content (AvgIpc) is 2.28. The molecule has 0 radical (unpaired) electrons. The molecule has 0 aromatic heterocycles. The Morgan fingerprint density at radius 1 is 1.29 bits per heavy atom. The van der Waals surface area contributed by atoms with Gasteiger partial charge in [0.25, 0.3) is 0 Å². The van der Waals surface area contributed by atoms with Crippen LogP contribution in [0.2, 0.25) is 0 Å². The van der Waals surface area contributed by atoms with E-state index in [0.29, 0.717) is 0 Å². The summed E-state index contributed by atoms with van der Waals surface area (Å²) in [5, 5.41) is 12.4. The molecule has 1 aromatic rings. The van der Waals surface area contributed by atoms with Gasteiger partial charge in [-0.1, -0.05) is 12.8 Å². The Morgan fingerprint density at radius 3 is 2.76 bits per heavy atom. The fraction of sp³-hybridized carbons (Fsp3) is 0.500. The van der Waals surface area contributed by atoms with Crippen molar-refractivity contribution in [1.82, 2.24) is 0 Å². The SMILES string of the molecule is Cc1cc(F)cc(NC2CCCCC2C#N)c1. The zero-order chi connectivity index (χ0) is 12.3. The summed E-state index contributed by atoms with van der Waals surface area (Å²) in [6.07, 6.45) is 4.21. The Kier molecular flexibility index (Phi) is 3.63. The minimum Gasteiger partial charge on any atom is -0.381 e. The van der Waals surface area contributed by atoms with Crippen molar-refractivity contribution in [3.63, 3.8) is 0 Å². The van der Waals surface area contributed by atoms with Crippen molar-refractivity contribution in [2.45, 2.75) is 38.6 Å². The molecule has 1 aliphatic rings. The third kappa shape index (κ3) is 2.97. The van der Waals surface area contributed by atoms with Crippen molar-refractivity contribution >= 4 is 5.69 Å². The first-order valence-corrected chi connectivity index (χ1v) is 6.12. The summed E-state index contributed by atoms with van der Waals surface area (Å²) in [6, 6.07) is 7.44. The summed E-state index contributed by atoms with van der Waals surface area (Å²) >= 11 is 0. The Hall–Kier alpha value is -1.56. The van der Waals surface area contributed by atoms with Gasteiger partial charge in [-0.05, 0) is 43.5 Å². The summed E-state index contributed by atoms with van der Waals surface area (Å²) < 4.78 is 13.3. The lowest BCUT2D eigenvalue weighted by atomic mass is 9.85. The number of hydrogen-bond donors (Lipinski definition) is 1. The van der Waals surface area contributed by atoms with E-state index in [-0.39, 0.29) is 17.8 Å². The summed E-state index contributed by atoms with van der Waals surface area (Å²) in [4.78, 5) is 0. The van der Waals surface area contributed by atoms with Crippen LogP contribution in [0.15, 0.2) is 18.2 Å². The maximum atomic E-state index is 13.3. The second kappa shape index (κ2) is 5.18. The highest BCUT2D eigenvalue weighted by Gasteiger charge is 2.24. The second-order valence-corrected chi connectivity index (χ2v) is 4.79. The molecule has 3 heteroatoms. The number of benzene rings is 1. The van der Waals surface area contributed by atoms with Crippen LogP contribution in [0.5, 0.6) is 0 Å². The Bertz CT molecular complexity index is 416. The van der Waals surface area contributed by atoms with E-state index in [0.717, 1.165) is 36.9 Å². The van der Waals surface area contributed by atoms with E-state index < -0.39 is 0 Å². The molecule has 1 aliphatic carbocycles. The Balaban J connectivity index is 2.11. The lowest BCUT2D eigenvalue weighted by Gasteiger charge is -2.28. The molecule has 1 aromatic carbocycles. The van der Waals surface area contributed by atoms with E-state index in [4.69, 9.17) is 5.26 Å². The molecule has 17 heavy (non-hydrogen) atoms. The van der Waals surface area contributed by atoms with Gasteiger partial charge in [0.15, 0.2) is 0 Å². The maximum Gasteiger partial charge on any atom is 0.125 e. The van der Waals surface area contributed by atoms with Crippen LogP contribution in [-0.4, -0.2) is 6.04 Å². The number of nitrogens with zero attached hydrogens (tertiary/aromatic N) is 1. The van der Waals surface area contributed by atoms with E-state index in [2.05, 4.69) is 11.4 Å². The van der Waals surface area contributed by atoms with Gasteiger partial charge in [0.1, 0.15) is 5.82 Å². The molecule has 0 aliphatic heterocycles. The average molecular weight is 232 g/mol. The molecule has 0 spiro atoms. The standard InChI is InChI=1S/C14H17FN2/c1-10-6-12(15)8-13(7-10)17-14-5-3-2-4-11(14)9-16/h6-8,11,14,17H,2-5H2,1H3. The van der Waals surface area contributed by atoms with E-state index in [9.17, 15) is 4.39 Å². The number of nitriles is 1. The maximum absolute atomic E-state index is 13.3. The third-order valence-electron chi connectivity index (χ3n) is 3.33. The zero-order valence-corrected chi connectivity index (χ0v) is 10.0. The molecule has 0 heterocycles. The first-order valence-electron chi connectivity index (χ1n) is 6.12. The molecule has 1 N–H and O–H groups in total. The quantitative estimate of drug-likeness (QED) is 0.845. The summed E-state index contributed by atoms with van der Waals surface area (Å²) in [5.41, 5.74) is 1.69. The van der Waals surface area contributed by atoms with Crippen LogP contribution in [0.25, 0.3) is 0 Å². The molecule has 0 bridgehead atoms. The van der Waals surface area contributed by atoms with Gasteiger partial charge in [-0.2, -0.15) is 5.26 Å². The first kappa shape index (κ1) is 11.9. The van der Waals surface area contributed by atoms with Crippen LogP contribution >= 0.6 is 0 Å². The third-order valence-corrected chi connectivity index (χ3v) is 3.33. The number of nitrogens with one attached hydrogen (secondary N) is 1. The molecule has 2 atom stereocenters. The van der Waals surface area contributed by atoms with Gasteiger partial charge in [-0.25, -0.2) is 4.39 Å². The number of aryl methyl sites for hydroxylation is 1. The van der Waals surface area contributed by atoms with Crippen LogP contribution in [-0.2, 0) is 0 Å². The second-order valence-electron chi connectivity index (χ2n) is 4.79. The van der Waals surface area contributed by atoms with E-state index in [1.165, 1.54) is 12.1 Å². The van der Waals surface area contributed by atoms with E-state index in [1.54, 1.807) is 0 Å². The van der Waals surface area contributed by atoms with Crippen LogP contribution < -0.4 is 5.32 Å². The smallest absolute Gasteiger partial charge is 0.125 e. The summed E-state index contributed by atoms with van der Waals surface area (Å²) in [6.45, 7) is 1.87. The van der Waals surface area contributed by atoms with Crippen molar-refractivity contribution < 1.29 is 4.39 Å². The van der Waals surface area contributed by atoms with Gasteiger partial charge in [0.05, 0.1) is 12.0 Å². The molecule has 2 rings (SSSR count). The highest BCUT2D eigenvalue weighted by molar-refractivity contribution is 5.47. The first-order chi connectivity index (χ1) is 8.19. The van der Waals surface area contributed by atoms with Gasteiger partial charge in [0, 0.05) is 11.7 Å². The van der Waals surface area contributed by atoms with Crippen molar-refractivity contribution in [3.05, 3.63) is 29.6 Å². The Labute approximate surface area is 101 Å². The molecule has 90 valence electrons. The largest absolute Gasteiger partial charge is 0.381 e. The molecule has 2 unspecified atom stereocenters. The lowest BCUT2D eigenvalue weighted by Crippen LogP contribution is -2.31. The fourth-order valence-electron chi connectivity index (χ4n) is 2.49. The molecule has 2 nitrogen and oxygen atoms in total. The topological polar surface area (TPSA) is 35.8 Å². The fourth-order valence-corrected chi connectivity index (χ4v) is 2.49. The summed E-state index contributed by atoms with van der Waals surface area (Å²) in [5.74, 6) is -0.177. The van der Waals surface area contributed by atoms with Gasteiger partial charge in [0.2, 0.25) is 0 Å². The molecular weight excluding hydrogens is 215 g/mol. The van der Waals surface area contributed by atoms with Crippen molar-refractivity contribution in [1.29, 1.82) is 5.26 Å². The van der Waals surface area contributed by atoms with Gasteiger partial charge < -0.3 is 5.32 Å². The molecule has 0 amide bonds. The van der Waals surface area contributed by atoms with Gasteiger partial charge in [-0.15, -0.1) is 0 Å². The lowest BCUT2D eigenvalue weighted by molar-refractivity contribution is 0.388. The van der Waals surface area contributed by atoms with Crippen LogP contribution in [0.1, 0.15) is 31.2 Å². The van der Waals surface area contributed by atoms with Gasteiger partial charge >= 0.3 is 0 Å². The predicted octanol–water partition coefficient (Wildman–Crippen LogP) is 3.63. The molecule has 1 saturated carbocycles. The molecule has 1 fully saturated rings. The normalized spacial score (nSPS) is 24.1. The molecule has 0 saturated heterocycles. The van der Waals surface area contributed by atoms with Gasteiger partial charge in [-0.3, -0.25) is 0 Å². The van der Waals surface area contributed by atoms with Crippen molar-refractivity contribution in [2.24, 2.45) is 5.92 Å². The highest BCUT2D eigenvalue weighted by Crippen LogP contribution is 2.27. The van der Waals surface area contributed by atoms with Crippen LogP contribution in [0.4, 0.5) is 10.1 Å². The van der Waals surface area contributed by atoms with Crippen molar-refractivity contribution in [3.8, 4) is 6.07 Å². The van der Waals surface area contributed by atoms with Crippen molar-refractivity contribution in [2.75, 3.05) is 5.32 Å². The zero-order valence-electron chi connectivity index (χ0n) is 10.0.